The van der Waals surface area contributed by atoms with Crippen LogP contribution in [0.3, 0.4) is 0 Å². The first-order chi connectivity index (χ1) is 20.6. The fourth-order valence-electron chi connectivity index (χ4n) is 5.63. The minimum absolute atomic E-state index is 0.00196. The molecule has 1 saturated heterocycles. The summed E-state index contributed by atoms with van der Waals surface area (Å²) >= 11 is 0. The van der Waals surface area contributed by atoms with Crippen molar-refractivity contribution in [2.24, 2.45) is 0 Å². The number of aromatic nitrogens is 4. The number of halogens is 2. The summed E-state index contributed by atoms with van der Waals surface area (Å²) in [4.78, 5) is 43.0. The van der Waals surface area contributed by atoms with Gasteiger partial charge in [-0.3, -0.25) is 9.78 Å². The molecule has 3 atom stereocenters. The largest absolute Gasteiger partial charge is 0.507 e. The molecule has 4 heterocycles. The average molecular weight is 604 g/mol. The highest BCUT2D eigenvalue weighted by Gasteiger charge is 2.37. The van der Waals surface area contributed by atoms with E-state index in [4.69, 9.17) is 0 Å². The summed E-state index contributed by atoms with van der Waals surface area (Å²) in [6.07, 6.45) is 3.16. The molecule has 4 aromatic rings. The van der Waals surface area contributed by atoms with Crippen molar-refractivity contribution in [1.82, 2.24) is 24.4 Å². The third-order valence-corrected chi connectivity index (χ3v) is 8.10. The standard InChI is InChI=1S/C30H28F2N7O3P/c1-4-24(41)38-13-12-37(17(3)22(38)8-10-33)28-18-14-20(32)26(25-19(31)6-5-7-23(25)40)35-29(18)39(30(42)36-28)27-16(2)9-11-34-21(27)15-43/h4-7,9,11,14,17,22,40H,1,8,12-13,15,43H2,2-3H3/t17-,22?/m0/s1. The molecule has 0 spiro atoms. The Bertz CT molecular complexity index is 1850. The predicted molar refractivity (Wildman–Crippen MR) is 161 cm³/mol. The second kappa shape index (κ2) is 11.9. The van der Waals surface area contributed by atoms with Crippen LogP contribution in [0.1, 0.15) is 24.6 Å². The topological polar surface area (TPSA) is 128 Å². The van der Waals surface area contributed by atoms with Crippen LogP contribution in [0.25, 0.3) is 28.0 Å². The fourth-order valence-corrected chi connectivity index (χ4v) is 5.93. The van der Waals surface area contributed by atoms with E-state index in [9.17, 15) is 24.3 Å². The van der Waals surface area contributed by atoms with E-state index in [1.165, 1.54) is 22.8 Å². The number of phenols is 1. The van der Waals surface area contributed by atoms with E-state index in [2.05, 4.69) is 36.8 Å². The Kier molecular flexibility index (Phi) is 8.20. The Labute approximate surface area is 248 Å². The molecule has 1 N–H and O–H groups in total. The molecule has 43 heavy (non-hydrogen) atoms. The summed E-state index contributed by atoms with van der Waals surface area (Å²) in [6, 6.07) is 7.43. The Hall–Kier alpha value is -4.75. The number of carbonyl (C=O) groups excluding carboxylic acids is 1. The second-order valence-electron chi connectivity index (χ2n) is 10.1. The molecule has 0 bridgehead atoms. The van der Waals surface area contributed by atoms with Crippen molar-refractivity contribution in [2.75, 3.05) is 18.0 Å². The van der Waals surface area contributed by atoms with Crippen molar-refractivity contribution in [2.45, 2.75) is 38.5 Å². The van der Waals surface area contributed by atoms with E-state index in [0.29, 0.717) is 23.1 Å². The van der Waals surface area contributed by atoms with Gasteiger partial charge in [0.1, 0.15) is 23.1 Å². The van der Waals surface area contributed by atoms with Crippen LogP contribution in [0, 0.1) is 29.9 Å². The normalized spacial score (nSPS) is 16.7. The lowest BCUT2D eigenvalue weighted by Crippen LogP contribution is -2.60. The number of rotatable bonds is 6. The average Bonchev–Trinajstić information content (AvgIpc) is 2.98. The van der Waals surface area contributed by atoms with E-state index < -0.39 is 46.4 Å². The number of aromatic hydroxyl groups is 1. The van der Waals surface area contributed by atoms with Crippen molar-refractivity contribution in [3.63, 3.8) is 0 Å². The Balaban J connectivity index is 1.83. The highest BCUT2D eigenvalue weighted by molar-refractivity contribution is 7.15. The highest BCUT2D eigenvalue weighted by atomic mass is 31.0. The summed E-state index contributed by atoms with van der Waals surface area (Å²) in [5.74, 6) is -2.60. The number of benzene rings is 1. The molecule has 13 heteroatoms. The van der Waals surface area contributed by atoms with Crippen LogP contribution in [0.5, 0.6) is 5.75 Å². The molecular formula is C30H28F2N7O3P. The number of fused-ring (bicyclic) bond motifs is 1. The van der Waals surface area contributed by atoms with E-state index in [-0.39, 0.29) is 42.3 Å². The van der Waals surface area contributed by atoms with Gasteiger partial charge in [-0.1, -0.05) is 12.6 Å². The first-order valence-electron chi connectivity index (χ1n) is 13.5. The van der Waals surface area contributed by atoms with Gasteiger partial charge < -0.3 is 14.9 Å². The quantitative estimate of drug-likeness (QED) is 0.259. The van der Waals surface area contributed by atoms with Crippen molar-refractivity contribution >= 4 is 32.0 Å². The van der Waals surface area contributed by atoms with Gasteiger partial charge in [0.25, 0.3) is 0 Å². The first-order valence-corrected chi connectivity index (χ1v) is 14.3. The van der Waals surface area contributed by atoms with Gasteiger partial charge in [0.15, 0.2) is 11.5 Å². The molecular weight excluding hydrogens is 575 g/mol. The van der Waals surface area contributed by atoms with Crippen molar-refractivity contribution in [1.29, 1.82) is 5.26 Å². The van der Waals surface area contributed by atoms with Crippen LogP contribution in [0.4, 0.5) is 14.6 Å². The number of phenolic OH excluding ortho intramolecular Hbond substituents is 1. The zero-order valence-corrected chi connectivity index (χ0v) is 24.6. The van der Waals surface area contributed by atoms with Gasteiger partial charge in [-0.15, -0.1) is 9.24 Å². The number of nitrogens with zero attached hydrogens (tertiary/aromatic N) is 7. The number of hydrogen-bond donors (Lipinski definition) is 1. The lowest BCUT2D eigenvalue weighted by atomic mass is 9.99. The first kappa shape index (κ1) is 29.7. The summed E-state index contributed by atoms with van der Waals surface area (Å²) < 4.78 is 32.0. The van der Waals surface area contributed by atoms with Gasteiger partial charge in [0, 0.05) is 31.5 Å². The molecule has 220 valence electrons. The smallest absolute Gasteiger partial charge is 0.355 e. The lowest BCUT2D eigenvalue weighted by molar-refractivity contribution is -0.129. The molecule has 1 aliphatic rings. The van der Waals surface area contributed by atoms with Gasteiger partial charge in [0.05, 0.1) is 40.9 Å². The monoisotopic (exact) mass is 603 g/mol. The molecule has 2 unspecified atom stereocenters. The van der Waals surface area contributed by atoms with Crippen molar-refractivity contribution in [3.05, 3.63) is 82.6 Å². The zero-order chi connectivity index (χ0) is 31.0. The Morgan fingerprint density at radius 1 is 1.26 bits per heavy atom. The number of aryl methyl sites for hydroxylation is 1. The molecule has 1 fully saturated rings. The fraction of sp³-hybridized carbons (Fsp3) is 0.267. The van der Waals surface area contributed by atoms with E-state index in [1.807, 2.05) is 0 Å². The minimum Gasteiger partial charge on any atom is -0.507 e. The number of pyridine rings is 2. The minimum atomic E-state index is -0.947. The Morgan fingerprint density at radius 2 is 2.02 bits per heavy atom. The highest BCUT2D eigenvalue weighted by Crippen LogP contribution is 2.37. The van der Waals surface area contributed by atoms with Gasteiger partial charge in [0.2, 0.25) is 5.91 Å². The van der Waals surface area contributed by atoms with E-state index in [1.54, 1.807) is 35.9 Å². The van der Waals surface area contributed by atoms with Crippen LogP contribution >= 0.6 is 9.24 Å². The van der Waals surface area contributed by atoms with Crippen molar-refractivity contribution < 1.29 is 18.7 Å². The van der Waals surface area contributed by atoms with Gasteiger partial charge in [-0.05, 0) is 49.8 Å². The molecule has 0 radical (unpaired) electrons. The van der Waals surface area contributed by atoms with Crippen LogP contribution in [0.2, 0.25) is 0 Å². The van der Waals surface area contributed by atoms with Gasteiger partial charge >= 0.3 is 5.69 Å². The summed E-state index contributed by atoms with van der Waals surface area (Å²) in [5.41, 5.74) is -0.111. The number of carbonyl (C=O) groups is 1. The predicted octanol–water partition coefficient (Wildman–Crippen LogP) is 4.02. The van der Waals surface area contributed by atoms with E-state index in [0.717, 1.165) is 12.1 Å². The molecule has 10 nitrogen and oxygen atoms in total. The maximum absolute atomic E-state index is 15.9. The molecule has 1 aromatic carbocycles. The number of anilines is 1. The van der Waals surface area contributed by atoms with Crippen molar-refractivity contribution in [3.8, 4) is 28.8 Å². The number of hydrogen-bond acceptors (Lipinski definition) is 8. The van der Waals surface area contributed by atoms with Crippen LogP contribution in [-0.2, 0) is 11.0 Å². The zero-order valence-electron chi connectivity index (χ0n) is 23.5. The second-order valence-corrected chi connectivity index (χ2v) is 10.5. The number of amides is 1. The molecule has 0 saturated carbocycles. The summed E-state index contributed by atoms with van der Waals surface area (Å²) in [7, 11) is 2.55. The van der Waals surface area contributed by atoms with Gasteiger partial charge in [-0.25, -0.2) is 23.1 Å². The third-order valence-electron chi connectivity index (χ3n) is 7.71. The number of nitriles is 1. The third kappa shape index (κ3) is 5.10. The lowest BCUT2D eigenvalue weighted by Gasteiger charge is -2.46. The maximum atomic E-state index is 15.9. The van der Waals surface area contributed by atoms with Gasteiger partial charge in [-0.2, -0.15) is 10.2 Å². The maximum Gasteiger partial charge on any atom is 0.355 e. The molecule has 3 aromatic heterocycles. The Morgan fingerprint density at radius 3 is 2.70 bits per heavy atom. The van der Waals surface area contributed by atoms with Crippen LogP contribution in [-0.4, -0.2) is 60.6 Å². The SMILES string of the molecule is C=CC(=O)N1CCN(c2nc(=O)n(-c3c(C)ccnc3CP)c3nc(-c4c(O)cccc4F)c(F)cc23)[C@@H](C)C1CC#N. The van der Waals surface area contributed by atoms with Crippen LogP contribution in [0.15, 0.2) is 54.0 Å². The summed E-state index contributed by atoms with van der Waals surface area (Å²) in [5, 5.41) is 20.1. The van der Waals surface area contributed by atoms with Crippen LogP contribution < -0.4 is 10.6 Å². The molecule has 0 aliphatic carbocycles. The number of piperazine rings is 1. The molecule has 1 amide bonds. The van der Waals surface area contributed by atoms with E-state index >= 15 is 4.39 Å². The molecule has 5 rings (SSSR count). The molecule has 1 aliphatic heterocycles. The summed E-state index contributed by atoms with van der Waals surface area (Å²) in [6.45, 7) is 7.54.